The highest BCUT2D eigenvalue weighted by Crippen LogP contribution is 2.05. The average Bonchev–Trinajstić information content (AvgIpc) is 2.05. The van der Waals surface area contributed by atoms with Gasteiger partial charge in [-0.25, -0.2) is 0 Å². The van der Waals surface area contributed by atoms with Gasteiger partial charge in [-0.1, -0.05) is 42.9 Å². The molecular formula is C12H18. The van der Waals surface area contributed by atoms with Crippen molar-refractivity contribution in [2.45, 2.75) is 38.5 Å². The predicted molar refractivity (Wildman–Crippen MR) is 55.1 cm³/mol. The topological polar surface area (TPSA) is 0 Å². The first kappa shape index (κ1) is 9.31. The molecule has 0 amide bonds. The molecule has 1 aliphatic carbocycles. The number of hydrogen-bond acceptors (Lipinski definition) is 0. The molecule has 0 aromatic carbocycles. The molecule has 0 heterocycles. The summed E-state index contributed by atoms with van der Waals surface area (Å²) in [7, 11) is 0. The third kappa shape index (κ3) is 4.95. The first-order valence-electron chi connectivity index (χ1n) is 4.97. The van der Waals surface area contributed by atoms with Gasteiger partial charge in [0.05, 0.1) is 0 Å². The Hall–Kier alpha value is -0.780. The molecule has 0 heteroatoms. The van der Waals surface area contributed by atoms with E-state index in [1.165, 1.54) is 32.1 Å². The molecule has 0 saturated carbocycles. The smallest absolute Gasteiger partial charge is 0.0166 e. The summed E-state index contributed by atoms with van der Waals surface area (Å²) in [6.07, 6.45) is 21.0. The lowest BCUT2D eigenvalue weighted by Gasteiger charge is -1.95. The van der Waals surface area contributed by atoms with Crippen LogP contribution in [-0.4, -0.2) is 0 Å². The van der Waals surface area contributed by atoms with Crippen molar-refractivity contribution in [2.24, 2.45) is 0 Å². The van der Waals surface area contributed by atoms with E-state index in [-0.39, 0.29) is 0 Å². The van der Waals surface area contributed by atoms with Gasteiger partial charge >= 0.3 is 0 Å². The second-order valence-corrected chi connectivity index (χ2v) is 3.20. The predicted octanol–water partition coefficient (Wildman–Crippen LogP) is 4.01. The van der Waals surface area contributed by atoms with E-state index in [0.717, 1.165) is 6.42 Å². The Morgan fingerprint density at radius 1 is 0.583 bits per heavy atom. The van der Waals surface area contributed by atoms with Crippen LogP contribution >= 0.6 is 0 Å². The van der Waals surface area contributed by atoms with Crippen molar-refractivity contribution in [1.29, 1.82) is 0 Å². The van der Waals surface area contributed by atoms with Gasteiger partial charge in [0.15, 0.2) is 0 Å². The summed E-state index contributed by atoms with van der Waals surface area (Å²) < 4.78 is 0. The van der Waals surface area contributed by atoms with Crippen LogP contribution in [0.15, 0.2) is 36.5 Å². The van der Waals surface area contributed by atoms with Crippen molar-refractivity contribution in [3.05, 3.63) is 36.5 Å². The summed E-state index contributed by atoms with van der Waals surface area (Å²) in [6.45, 7) is 0. The van der Waals surface area contributed by atoms with Crippen LogP contribution in [0.25, 0.3) is 0 Å². The van der Waals surface area contributed by atoms with Crippen LogP contribution in [0, 0.1) is 0 Å². The third-order valence-corrected chi connectivity index (χ3v) is 2.06. The number of allylic oxidation sites excluding steroid dienone is 6. The molecule has 66 valence electrons. The summed E-state index contributed by atoms with van der Waals surface area (Å²) in [5.74, 6) is 0. The Kier molecular flexibility index (Phi) is 5.35. The minimum atomic E-state index is 1.09. The lowest BCUT2D eigenvalue weighted by atomic mass is 10.1. The Labute approximate surface area is 75.7 Å². The highest BCUT2D eigenvalue weighted by Gasteiger charge is 1.85. The zero-order chi connectivity index (χ0) is 8.49. The molecular weight excluding hydrogens is 144 g/mol. The van der Waals surface area contributed by atoms with Crippen molar-refractivity contribution in [3.63, 3.8) is 0 Å². The molecule has 0 N–H and O–H groups in total. The summed E-state index contributed by atoms with van der Waals surface area (Å²) in [4.78, 5) is 0. The maximum absolute atomic E-state index is 2.30. The van der Waals surface area contributed by atoms with Gasteiger partial charge in [0.2, 0.25) is 0 Å². The largest absolute Gasteiger partial charge is 0.0882 e. The highest BCUT2D eigenvalue weighted by molar-refractivity contribution is 5.05. The van der Waals surface area contributed by atoms with Gasteiger partial charge in [0.25, 0.3) is 0 Å². The molecule has 0 atom stereocenters. The minimum absolute atomic E-state index is 1.09. The standard InChI is InChI=1S/C12H18/c1-2-4-6-8-10-12-11-9-7-5-3-1/h1-4,7,9H,5-6,8,10-12H2/b3-1-,4-2?,9-7+. The Morgan fingerprint density at radius 3 is 2.25 bits per heavy atom. The Morgan fingerprint density at radius 2 is 1.33 bits per heavy atom. The fourth-order valence-corrected chi connectivity index (χ4v) is 1.33. The van der Waals surface area contributed by atoms with Crippen LogP contribution in [0.1, 0.15) is 38.5 Å². The lowest BCUT2D eigenvalue weighted by molar-refractivity contribution is 0.695. The monoisotopic (exact) mass is 162 g/mol. The number of rotatable bonds is 0. The van der Waals surface area contributed by atoms with Crippen LogP contribution in [-0.2, 0) is 0 Å². The summed E-state index contributed by atoms with van der Waals surface area (Å²) >= 11 is 0. The molecule has 0 fully saturated rings. The minimum Gasteiger partial charge on any atom is -0.0882 e. The van der Waals surface area contributed by atoms with Crippen LogP contribution in [0.2, 0.25) is 0 Å². The fraction of sp³-hybridized carbons (Fsp3) is 0.500. The van der Waals surface area contributed by atoms with Gasteiger partial charge in [-0.05, 0) is 32.1 Å². The third-order valence-electron chi connectivity index (χ3n) is 2.06. The average molecular weight is 162 g/mol. The van der Waals surface area contributed by atoms with Gasteiger partial charge < -0.3 is 0 Å². The Balaban J connectivity index is 2.31. The van der Waals surface area contributed by atoms with E-state index < -0.39 is 0 Å². The van der Waals surface area contributed by atoms with Crippen molar-refractivity contribution >= 4 is 0 Å². The van der Waals surface area contributed by atoms with Gasteiger partial charge in [0.1, 0.15) is 0 Å². The van der Waals surface area contributed by atoms with Crippen molar-refractivity contribution in [1.82, 2.24) is 0 Å². The molecule has 0 aliphatic heterocycles. The molecule has 12 heavy (non-hydrogen) atoms. The van der Waals surface area contributed by atoms with E-state index in [0.29, 0.717) is 0 Å². The quantitative estimate of drug-likeness (QED) is 0.472. The van der Waals surface area contributed by atoms with Crippen molar-refractivity contribution in [2.75, 3.05) is 0 Å². The van der Waals surface area contributed by atoms with Gasteiger partial charge in [-0.2, -0.15) is 0 Å². The summed E-state index contributed by atoms with van der Waals surface area (Å²) in [5, 5.41) is 0. The highest BCUT2D eigenvalue weighted by atomic mass is 13.9. The molecule has 0 aromatic rings. The fourth-order valence-electron chi connectivity index (χ4n) is 1.33. The second kappa shape index (κ2) is 6.90. The lowest BCUT2D eigenvalue weighted by Crippen LogP contribution is -1.75. The van der Waals surface area contributed by atoms with E-state index >= 15 is 0 Å². The number of hydrogen-bond donors (Lipinski definition) is 0. The maximum atomic E-state index is 2.30. The van der Waals surface area contributed by atoms with Gasteiger partial charge in [0, 0.05) is 0 Å². The van der Waals surface area contributed by atoms with Gasteiger partial charge in [-0.15, -0.1) is 0 Å². The van der Waals surface area contributed by atoms with Crippen LogP contribution in [0.5, 0.6) is 0 Å². The summed E-state index contributed by atoms with van der Waals surface area (Å²) in [6, 6.07) is 0. The molecule has 0 bridgehead atoms. The van der Waals surface area contributed by atoms with Crippen molar-refractivity contribution in [3.8, 4) is 0 Å². The van der Waals surface area contributed by atoms with Crippen LogP contribution < -0.4 is 0 Å². The molecule has 0 saturated heterocycles. The normalized spacial score (nSPS) is 25.3. The zero-order valence-electron chi connectivity index (χ0n) is 7.71. The molecule has 0 nitrogen and oxygen atoms in total. The molecule has 0 radical (unpaired) electrons. The SMILES string of the molecule is C1=CCCCCC/C=C/C/C=C\1. The Bertz CT molecular complexity index is 172. The van der Waals surface area contributed by atoms with E-state index in [1.54, 1.807) is 0 Å². The van der Waals surface area contributed by atoms with Crippen LogP contribution in [0.4, 0.5) is 0 Å². The first-order chi connectivity index (χ1) is 6.00. The van der Waals surface area contributed by atoms with E-state index in [1.807, 2.05) is 0 Å². The van der Waals surface area contributed by atoms with Crippen molar-refractivity contribution < 1.29 is 0 Å². The molecule has 1 aliphatic rings. The van der Waals surface area contributed by atoms with E-state index in [9.17, 15) is 0 Å². The zero-order valence-corrected chi connectivity index (χ0v) is 7.71. The van der Waals surface area contributed by atoms with Crippen LogP contribution in [0.3, 0.4) is 0 Å². The first-order valence-corrected chi connectivity index (χ1v) is 4.97. The van der Waals surface area contributed by atoms with E-state index in [4.69, 9.17) is 0 Å². The maximum Gasteiger partial charge on any atom is -0.0166 e. The molecule has 0 spiro atoms. The second-order valence-electron chi connectivity index (χ2n) is 3.20. The summed E-state index contributed by atoms with van der Waals surface area (Å²) in [5.41, 5.74) is 0. The van der Waals surface area contributed by atoms with E-state index in [2.05, 4.69) is 36.5 Å². The molecule has 0 aromatic heterocycles. The molecule has 1 rings (SSSR count). The molecule has 0 unspecified atom stereocenters. The van der Waals surface area contributed by atoms with Gasteiger partial charge in [-0.3, -0.25) is 0 Å².